The van der Waals surface area contributed by atoms with Crippen molar-refractivity contribution in [1.82, 2.24) is 5.32 Å². The van der Waals surface area contributed by atoms with Gasteiger partial charge in [-0.1, -0.05) is 18.6 Å². The fourth-order valence-corrected chi connectivity index (χ4v) is 2.10. The summed E-state index contributed by atoms with van der Waals surface area (Å²) >= 11 is 0. The summed E-state index contributed by atoms with van der Waals surface area (Å²) < 4.78 is 13.1. The molecule has 1 atom stereocenters. The van der Waals surface area contributed by atoms with Crippen LogP contribution in [-0.4, -0.2) is 12.4 Å². The van der Waals surface area contributed by atoms with E-state index in [0.717, 1.165) is 24.4 Å². The lowest BCUT2D eigenvalue weighted by molar-refractivity contribution is 0.617. The standard InChI is InChI=1S/C14H19FN2/c1-11(12-6-5-7-13(15)10-12)17-14-8-3-2-4-9-16-14/h5-7,10-11H,2-4,8-9H2,1H3,(H,16,17). The van der Waals surface area contributed by atoms with Gasteiger partial charge in [0.05, 0.1) is 5.84 Å². The van der Waals surface area contributed by atoms with Crippen molar-refractivity contribution in [3.05, 3.63) is 35.6 Å². The van der Waals surface area contributed by atoms with Crippen molar-refractivity contribution >= 4 is 5.84 Å². The van der Waals surface area contributed by atoms with Gasteiger partial charge in [-0.15, -0.1) is 0 Å². The first-order chi connectivity index (χ1) is 8.25. The van der Waals surface area contributed by atoms with Crippen molar-refractivity contribution in [3.63, 3.8) is 0 Å². The highest BCUT2D eigenvalue weighted by Gasteiger charge is 2.10. The van der Waals surface area contributed by atoms with Crippen LogP contribution in [0.2, 0.25) is 0 Å². The molecule has 1 N–H and O–H groups in total. The molecular weight excluding hydrogens is 215 g/mol. The van der Waals surface area contributed by atoms with Crippen LogP contribution in [0.4, 0.5) is 4.39 Å². The SMILES string of the molecule is CC(NC1=NCCCCC1)c1cccc(F)c1. The maximum atomic E-state index is 13.1. The first kappa shape index (κ1) is 12.1. The van der Waals surface area contributed by atoms with Gasteiger partial charge in [-0.05, 0) is 37.5 Å². The minimum Gasteiger partial charge on any atom is -0.367 e. The highest BCUT2D eigenvalue weighted by Crippen LogP contribution is 2.15. The van der Waals surface area contributed by atoms with E-state index in [9.17, 15) is 4.39 Å². The third-order valence-corrected chi connectivity index (χ3v) is 3.11. The van der Waals surface area contributed by atoms with E-state index in [4.69, 9.17) is 0 Å². The van der Waals surface area contributed by atoms with Gasteiger partial charge >= 0.3 is 0 Å². The third-order valence-electron chi connectivity index (χ3n) is 3.11. The second-order valence-corrected chi connectivity index (χ2v) is 4.56. The van der Waals surface area contributed by atoms with Crippen molar-refractivity contribution in [2.75, 3.05) is 6.54 Å². The molecule has 0 aromatic heterocycles. The lowest BCUT2D eigenvalue weighted by atomic mass is 10.1. The van der Waals surface area contributed by atoms with Gasteiger partial charge < -0.3 is 5.32 Å². The zero-order valence-corrected chi connectivity index (χ0v) is 10.2. The van der Waals surface area contributed by atoms with E-state index in [1.54, 1.807) is 12.1 Å². The molecule has 3 heteroatoms. The first-order valence-electron chi connectivity index (χ1n) is 6.31. The monoisotopic (exact) mass is 234 g/mol. The van der Waals surface area contributed by atoms with Crippen LogP contribution in [0.25, 0.3) is 0 Å². The Bertz CT molecular complexity index is 401. The van der Waals surface area contributed by atoms with Crippen LogP contribution in [0.15, 0.2) is 29.3 Å². The number of nitrogens with zero attached hydrogens (tertiary/aromatic N) is 1. The number of halogens is 1. The topological polar surface area (TPSA) is 24.4 Å². The van der Waals surface area contributed by atoms with E-state index in [1.165, 1.54) is 25.3 Å². The van der Waals surface area contributed by atoms with Gasteiger partial charge in [0.15, 0.2) is 0 Å². The average Bonchev–Trinajstić information content (AvgIpc) is 2.57. The lowest BCUT2D eigenvalue weighted by Gasteiger charge is -2.16. The largest absolute Gasteiger partial charge is 0.367 e. The molecule has 0 spiro atoms. The molecule has 0 radical (unpaired) electrons. The highest BCUT2D eigenvalue weighted by atomic mass is 19.1. The molecule has 0 fully saturated rings. The third kappa shape index (κ3) is 3.55. The normalized spacial score (nSPS) is 18.1. The second-order valence-electron chi connectivity index (χ2n) is 4.56. The predicted octanol–water partition coefficient (Wildman–Crippen LogP) is 3.45. The first-order valence-corrected chi connectivity index (χ1v) is 6.31. The number of rotatable bonds is 2. The molecule has 1 aromatic carbocycles. The van der Waals surface area contributed by atoms with Crippen LogP contribution < -0.4 is 5.32 Å². The van der Waals surface area contributed by atoms with Crippen LogP contribution >= 0.6 is 0 Å². The Kier molecular flexibility index (Phi) is 4.13. The molecule has 0 saturated heterocycles. The van der Waals surface area contributed by atoms with Crippen molar-refractivity contribution < 1.29 is 4.39 Å². The summed E-state index contributed by atoms with van der Waals surface area (Å²) in [5.74, 6) is 0.887. The van der Waals surface area contributed by atoms with E-state index >= 15 is 0 Å². The number of hydrogen-bond donors (Lipinski definition) is 1. The Hall–Kier alpha value is -1.38. The average molecular weight is 234 g/mol. The van der Waals surface area contributed by atoms with Crippen LogP contribution in [-0.2, 0) is 0 Å². The van der Waals surface area contributed by atoms with Gasteiger partial charge in [0, 0.05) is 19.0 Å². The van der Waals surface area contributed by atoms with Crippen molar-refractivity contribution in [2.24, 2.45) is 4.99 Å². The summed E-state index contributed by atoms with van der Waals surface area (Å²) in [6.07, 6.45) is 4.64. The Morgan fingerprint density at radius 2 is 2.18 bits per heavy atom. The number of aliphatic imine (C=N–C) groups is 1. The van der Waals surface area contributed by atoms with Gasteiger partial charge in [-0.25, -0.2) is 4.39 Å². The highest BCUT2D eigenvalue weighted by molar-refractivity contribution is 5.82. The smallest absolute Gasteiger partial charge is 0.123 e. The maximum Gasteiger partial charge on any atom is 0.123 e. The van der Waals surface area contributed by atoms with Crippen LogP contribution in [0.1, 0.15) is 44.2 Å². The van der Waals surface area contributed by atoms with E-state index < -0.39 is 0 Å². The predicted molar refractivity (Wildman–Crippen MR) is 68.7 cm³/mol. The van der Waals surface area contributed by atoms with E-state index in [2.05, 4.69) is 10.3 Å². The van der Waals surface area contributed by atoms with Crippen LogP contribution in [0, 0.1) is 5.82 Å². The molecule has 0 bridgehead atoms. The van der Waals surface area contributed by atoms with Crippen molar-refractivity contribution in [1.29, 1.82) is 0 Å². The van der Waals surface area contributed by atoms with Gasteiger partial charge in [0.1, 0.15) is 5.82 Å². The van der Waals surface area contributed by atoms with Crippen molar-refractivity contribution in [2.45, 2.75) is 38.6 Å². The van der Waals surface area contributed by atoms with Gasteiger partial charge in [0.25, 0.3) is 0 Å². The molecular formula is C14H19FN2. The Morgan fingerprint density at radius 1 is 1.29 bits per heavy atom. The fraction of sp³-hybridized carbons (Fsp3) is 0.500. The molecule has 1 unspecified atom stereocenters. The summed E-state index contributed by atoms with van der Waals surface area (Å²) in [4.78, 5) is 4.52. The van der Waals surface area contributed by atoms with Gasteiger partial charge in [-0.3, -0.25) is 4.99 Å². The van der Waals surface area contributed by atoms with E-state index in [-0.39, 0.29) is 11.9 Å². The van der Waals surface area contributed by atoms with E-state index in [1.807, 2.05) is 13.0 Å². The summed E-state index contributed by atoms with van der Waals surface area (Å²) in [5.41, 5.74) is 0.969. The number of nitrogens with one attached hydrogen (secondary N) is 1. The molecule has 0 aliphatic carbocycles. The lowest BCUT2D eigenvalue weighted by Crippen LogP contribution is -2.26. The second kappa shape index (κ2) is 5.80. The maximum absolute atomic E-state index is 13.1. The number of benzene rings is 1. The summed E-state index contributed by atoms with van der Waals surface area (Å²) in [5, 5.41) is 3.39. The molecule has 92 valence electrons. The molecule has 17 heavy (non-hydrogen) atoms. The quantitative estimate of drug-likeness (QED) is 0.832. The molecule has 0 amide bonds. The molecule has 0 saturated carbocycles. The van der Waals surface area contributed by atoms with Crippen molar-refractivity contribution in [3.8, 4) is 0 Å². The van der Waals surface area contributed by atoms with Crippen LogP contribution in [0.5, 0.6) is 0 Å². The Morgan fingerprint density at radius 3 is 3.00 bits per heavy atom. The number of hydrogen-bond acceptors (Lipinski definition) is 2. The zero-order valence-electron chi connectivity index (χ0n) is 10.2. The molecule has 1 aliphatic rings. The van der Waals surface area contributed by atoms with Gasteiger partial charge in [-0.2, -0.15) is 0 Å². The fourth-order valence-electron chi connectivity index (χ4n) is 2.10. The molecule has 2 rings (SSSR count). The minimum absolute atomic E-state index is 0.113. The minimum atomic E-state index is -0.182. The zero-order chi connectivity index (χ0) is 12.1. The van der Waals surface area contributed by atoms with E-state index in [0.29, 0.717) is 0 Å². The molecule has 1 aromatic rings. The van der Waals surface area contributed by atoms with Gasteiger partial charge in [0.2, 0.25) is 0 Å². The Labute approximate surface area is 102 Å². The molecule has 2 nitrogen and oxygen atoms in total. The van der Waals surface area contributed by atoms with Crippen LogP contribution in [0.3, 0.4) is 0 Å². The Balaban J connectivity index is 2.00. The summed E-state index contributed by atoms with van der Waals surface area (Å²) in [6, 6.07) is 6.85. The number of amidine groups is 1. The summed E-state index contributed by atoms with van der Waals surface area (Å²) in [7, 11) is 0. The molecule has 1 aliphatic heterocycles. The molecule has 1 heterocycles. The summed E-state index contributed by atoms with van der Waals surface area (Å²) in [6.45, 7) is 2.96.